The number of carbonyl (C=O) groups excluding carboxylic acids is 1. The van der Waals surface area contributed by atoms with Crippen LogP contribution >= 0.6 is 0 Å². The van der Waals surface area contributed by atoms with Crippen LogP contribution in [0.15, 0.2) is 73.3 Å². The van der Waals surface area contributed by atoms with Crippen molar-refractivity contribution in [2.45, 2.75) is 18.9 Å². The van der Waals surface area contributed by atoms with Crippen molar-refractivity contribution < 1.29 is 9.18 Å². The Balaban J connectivity index is 1.50. The number of rotatable bonds is 7. The minimum Gasteiger partial charge on any atom is -0.367 e. The summed E-state index contributed by atoms with van der Waals surface area (Å²) in [5.41, 5.74) is 1.13. The van der Waals surface area contributed by atoms with Crippen molar-refractivity contribution in [1.82, 2.24) is 19.9 Å². The number of hydrogen-bond donors (Lipinski definition) is 3. The zero-order valence-corrected chi connectivity index (χ0v) is 17.0. The lowest BCUT2D eigenvalue weighted by Crippen LogP contribution is -2.17. The Morgan fingerprint density at radius 1 is 1.06 bits per heavy atom. The van der Waals surface area contributed by atoms with Crippen molar-refractivity contribution in [3.05, 3.63) is 84.7 Å². The third-order valence-electron chi connectivity index (χ3n) is 4.99. The Labute approximate surface area is 183 Å². The van der Waals surface area contributed by atoms with Crippen molar-refractivity contribution in [2.75, 3.05) is 15.5 Å². The molecule has 0 aliphatic heterocycles. The molecule has 1 aliphatic carbocycles. The average Bonchev–Trinajstić information content (AvgIpc) is 3.47. The van der Waals surface area contributed by atoms with Gasteiger partial charge in [-0.05, 0) is 43.2 Å². The number of amides is 1. The van der Waals surface area contributed by atoms with Crippen LogP contribution in [0.3, 0.4) is 0 Å². The topological polar surface area (TPSA) is 98.8 Å². The monoisotopic (exact) mass is 429 g/mol. The molecule has 8 nitrogen and oxygen atoms in total. The van der Waals surface area contributed by atoms with Crippen LogP contribution in [0.5, 0.6) is 0 Å². The molecule has 9 heteroatoms. The second-order valence-electron chi connectivity index (χ2n) is 7.41. The minimum absolute atomic E-state index is 0.182. The number of nitrogens with zero attached hydrogens (tertiary/aromatic N) is 4. The van der Waals surface area contributed by atoms with E-state index in [4.69, 9.17) is 0 Å². The smallest absolute Gasteiger partial charge is 0.255 e. The van der Waals surface area contributed by atoms with E-state index >= 15 is 4.39 Å². The summed E-state index contributed by atoms with van der Waals surface area (Å²) < 4.78 is 15.0. The lowest BCUT2D eigenvalue weighted by Gasteiger charge is -2.22. The second kappa shape index (κ2) is 8.46. The van der Waals surface area contributed by atoms with E-state index in [1.807, 2.05) is 6.07 Å². The second-order valence-corrected chi connectivity index (χ2v) is 7.41. The summed E-state index contributed by atoms with van der Waals surface area (Å²) >= 11 is 0. The molecule has 0 atom stereocenters. The maximum absolute atomic E-state index is 15.0. The van der Waals surface area contributed by atoms with Crippen molar-refractivity contribution in [2.24, 2.45) is 0 Å². The Hall–Kier alpha value is -4.27. The fraction of sp³-hybridized carbons (Fsp3) is 0.130. The van der Waals surface area contributed by atoms with Crippen LogP contribution in [0.25, 0.3) is 0 Å². The van der Waals surface area contributed by atoms with Gasteiger partial charge in [-0.3, -0.25) is 9.69 Å². The molecule has 3 N–H and O–H groups in total. The lowest BCUT2D eigenvalue weighted by atomic mass is 10.2. The number of benzene rings is 2. The van der Waals surface area contributed by atoms with Crippen LogP contribution in [0.2, 0.25) is 0 Å². The van der Waals surface area contributed by atoms with E-state index in [-0.39, 0.29) is 11.6 Å². The molecule has 4 aromatic rings. The Kier molecular flexibility index (Phi) is 5.20. The molecule has 0 bridgehead atoms. The Bertz CT molecular complexity index is 1230. The highest BCUT2D eigenvalue weighted by Gasteiger charge is 2.24. The number of nitrogens with one attached hydrogen (secondary N) is 3. The fourth-order valence-electron chi connectivity index (χ4n) is 3.26. The molecule has 1 aliphatic rings. The van der Waals surface area contributed by atoms with Gasteiger partial charge in [-0.1, -0.05) is 18.2 Å². The number of aromatic amines is 1. The Morgan fingerprint density at radius 2 is 1.91 bits per heavy atom. The van der Waals surface area contributed by atoms with Gasteiger partial charge in [0.15, 0.2) is 0 Å². The van der Waals surface area contributed by atoms with E-state index in [1.165, 1.54) is 18.5 Å². The van der Waals surface area contributed by atoms with Gasteiger partial charge < -0.3 is 15.6 Å². The molecule has 32 heavy (non-hydrogen) atoms. The van der Waals surface area contributed by atoms with Crippen LogP contribution in [0.1, 0.15) is 23.2 Å². The number of halogens is 1. The van der Waals surface area contributed by atoms with Crippen LogP contribution < -0.4 is 15.5 Å². The highest BCUT2D eigenvalue weighted by atomic mass is 19.1. The zero-order chi connectivity index (χ0) is 21.9. The first-order valence-corrected chi connectivity index (χ1v) is 10.2. The average molecular weight is 429 g/mol. The van der Waals surface area contributed by atoms with Crippen LogP contribution in [-0.4, -0.2) is 31.9 Å². The van der Waals surface area contributed by atoms with E-state index in [2.05, 4.69) is 30.6 Å². The van der Waals surface area contributed by atoms with Gasteiger partial charge in [-0.15, -0.1) is 0 Å². The number of carbonyl (C=O) groups is 1. The third kappa shape index (κ3) is 4.27. The van der Waals surface area contributed by atoms with Gasteiger partial charge in [-0.2, -0.15) is 0 Å². The molecule has 5 rings (SSSR count). The first-order chi connectivity index (χ1) is 15.7. The van der Waals surface area contributed by atoms with Crippen LogP contribution in [-0.2, 0) is 0 Å². The molecule has 160 valence electrons. The number of aromatic nitrogens is 4. The predicted molar refractivity (Wildman–Crippen MR) is 120 cm³/mol. The summed E-state index contributed by atoms with van der Waals surface area (Å²) in [6, 6.07) is 15.3. The summed E-state index contributed by atoms with van der Waals surface area (Å²) in [4.78, 5) is 30.0. The molecule has 0 radical (unpaired) electrons. The summed E-state index contributed by atoms with van der Waals surface area (Å²) in [6.45, 7) is 0. The van der Waals surface area contributed by atoms with Gasteiger partial charge in [0, 0.05) is 35.8 Å². The van der Waals surface area contributed by atoms with Gasteiger partial charge in [0.25, 0.3) is 5.91 Å². The standard InChI is InChI=1S/C23H20FN7O/c24-18-9-8-17(30-22(32)15-4-2-1-3-5-15)12-19(18)31(23-25-10-11-26-23)21-13-20(27-14-28-21)29-16-6-7-16/h1-5,8-14,16H,6-7H2,(H,25,26)(H,30,32)(H,27,28,29). The molecule has 1 fully saturated rings. The molecule has 1 saturated carbocycles. The van der Waals surface area contributed by atoms with Gasteiger partial charge >= 0.3 is 0 Å². The number of hydrogen-bond acceptors (Lipinski definition) is 6. The number of H-pyrrole nitrogens is 1. The first-order valence-electron chi connectivity index (χ1n) is 10.2. The molecular weight excluding hydrogens is 409 g/mol. The quantitative estimate of drug-likeness (QED) is 0.396. The van der Waals surface area contributed by atoms with Crippen LogP contribution in [0.4, 0.5) is 33.3 Å². The van der Waals surface area contributed by atoms with E-state index in [9.17, 15) is 4.79 Å². The summed E-state index contributed by atoms with van der Waals surface area (Å²) in [5, 5.41) is 6.13. The van der Waals surface area contributed by atoms with Gasteiger partial charge in [0.2, 0.25) is 5.95 Å². The lowest BCUT2D eigenvalue weighted by molar-refractivity contribution is 0.102. The maximum Gasteiger partial charge on any atom is 0.255 e. The summed E-state index contributed by atoms with van der Waals surface area (Å²) in [6.07, 6.45) is 6.84. The minimum atomic E-state index is -0.491. The van der Waals surface area contributed by atoms with E-state index in [1.54, 1.807) is 53.7 Å². The predicted octanol–water partition coefficient (Wildman–Crippen LogP) is 4.64. The molecule has 2 aromatic heterocycles. The van der Waals surface area contributed by atoms with Crippen LogP contribution in [0, 0.1) is 5.82 Å². The van der Waals surface area contributed by atoms with Gasteiger partial charge in [-0.25, -0.2) is 19.3 Å². The number of imidazole rings is 1. The van der Waals surface area contributed by atoms with E-state index < -0.39 is 5.82 Å². The summed E-state index contributed by atoms with van der Waals surface area (Å²) in [7, 11) is 0. The first kappa shape index (κ1) is 19.7. The molecule has 2 heterocycles. The van der Waals surface area contributed by atoms with E-state index in [0.717, 1.165) is 12.8 Å². The van der Waals surface area contributed by atoms with E-state index in [0.29, 0.717) is 34.9 Å². The normalized spacial score (nSPS) is 12.9. The highest BCUT2D eigenvalue weighted by Crippen LogP contribution is 2.35. The molecular formula is C23H20FN7O. The highest BCUT2D eigenvalue weighted by molar-refractivity contribution is 6.04. The van der Waals surface area contributed by atoms with Gasteiger partial charge in [0.05, 0.1) is 5.69 Å². The van der Waals surface area contributed by atoms with Crippen molar-refractivity contribution >= 4 is 34.9 Å². The van der Waals surface area contributed by atoms with Crippen molar-refractivity contribution in [3.63, 3.8) is 0 Å². The Morgan fingerprint density at radius 3 is 2.66 bits per heavy atom. The molecule has 0 unspecified atom stereocenters. The number of anilines is 5. The maximum atomic E-state index is 15.0. The van der Waals surface area contributed by atoms with Crippen molar-refractivity contribution in [1.29, 1.82) is 0 Å². The molecule has 0 spiro atoms. The molecule has 0 saturated heterocycles. The fourth-order valence-corrected chi connectivity index (χ4v) is 3.26. The third-order valence-corrected chi connectivity index (χ3v) is 4.99. The van der Waals surface area contributed by atoms with Gasteiger partial charge in [0.1, 0.15) is 23.8 Å². The largest absolute Gasteiger partial charge is 0.367 e. The summed E-state index contributed by atoms with van der Waals surface area (Å²) in [5.74, 6) is 0.693. The SMILES string of the molecule is O=C(Nc1ccc(F)c(N(c2cc(NC3CC3)ncn2)c2ncc[nH]2)c1)c1ccccc1. The molecule has 2 aromatic carbocycles. The zero-order valence-electron chi connectivity index (χ0n) is 17.0. The molecule has 1 amide bonds. The van der Waals surface area contributed by atoms with Crippen molar-refractivity contribution in [3.8, 4) is 0 Å².